The summed E-state index contributed by atoms with van der Waals surface area (Å²) in [7, 11) is -1.92. The van der Waals surface area contributed by atoms with Gasteiger partial charge in [0, 0.05) is 44.8 Å². The first-order valence-electron chi connectivity index (χ1n) is 9.47. The number of carbonyl (C=O) groups is 1. The van der Waals surface area contributed by atoms with Gasteiger partial charge in [0.1, 0.15) is 4.90 Å². The van der Waals surface area contributed by atoms with Crippen LogP contribution in [0.25, 0.3) is 0 Å². The summed E-state index contributed by atoms with van der Waals surface area (Å²) in [5, 5.41) is 7.76. The Bertz CT molecular complexity index is 988. The molecule has 0 unspecified atom stereocenters. The lowest BCUT2D eigenvalue weighted by Crippen LogP contribution is -2.42. The van der Waals surface area contributed by atoms with Gasteiger partial charge in [0.05, 0.1) is 11.4 Å². The summed E-state index contributed by atoms with van der Waals surface area (Å²) in [5.74, 6) is 0. The van der Waals surface area contributed by atoms with Gasteiger partial charge in [-0.15, -0.1) is 0 Å². The molecule has 1 N–H and O–H groups in total. The minimum absolute atomic E-state index is 0.201. The van der Waals surface area contributed by atoms with Crippen molar-refractivity contribution >= 4 is 27.7 Å². The Morgan fingerprint density at radius 1 is 1.14 bits per heavy atom. The number of nitrogens with one attached hydrogen (secondary N) is 1. The molecular weight excluding hydrogens is 414 g/mol. The molecule has 0 spiro atoms. The number of aryl methyl sites for hydroxylation is 2. The second kappa shape index (κ2) is 8.73. The fourth-order valence-electron chi connectivity index (χ4n) is 3.49. The highest BCUT2D eigenvalue weighted by Gasteiger charge is 2.32. The van der Waals surface area contributed by atoms with Crippen molar-refractivity contribution in [2.45, 2.75) is 31.7 Å². The zero-order valence-electron chi connectivity index (χ0n) is 16.9. The summed E-state index contributed by atoms with van der Waals surface area (Å²) < 4.78 is 29.3. The minimum atomic E-state index is -3.66. The first kappa shape index (κ1) is 21.6. The molecule has 0 bridgehead atoms. The number of urea groups is 1. The molecule has 3 rings (SSSR count). The highest BCUT2D eigenvalue weighted by atomic mass is 35.5. The third-order valence-electron chi connectivity index (χ3n) is 5.14. The van der Waals surface area contributed by atoms with Crippen LogP contribution in [-0.2, 0) is 23.6 Å². The van der Waals surface area contributed by atoms with E-state index in [1.807, 2.05) is 12.1 Å². The smallest absolute Gasteiger partial charge is 0.317 e. The molecule has 1 saturated heterocycles. The molecular formula is C19H26ClN5O3S. The van der Waals surface area contributed by atoms with Crippen molar-refractivity contribution in [2.75, 3.05) is 26.2 Å². The maximum absolute atomic E-state index is 13.2. The van der Waals surface area contributed by atoms with E-state index in [0.717, 1.165) is 5.56 Å². The Labute approximate surface area is 176 Å². The number of rotatable bonds is 4. The van der Waals surface area contributed by atoms with Crippen LogP contribution in [0, 0.1) is 13.8 Å². The molecule has 1 fully saturated rings. The second-order valence-corrected chi connectivity index (χ2v) is 9.46. The number of nitrogens with zero attached hydrogens (tertiary/aromatic N) is 4. The van der Waals surface area contributed by atoms with Crippen molar-refractivity contribution in [3.63, 3.8) is 0 Å². The van der Waals surface area contributed by atoms with Gasteiger partial charge >= 0.3 is 6.03 Å². The van der Waals surface area contributed by atoms with Crippen LogP contribution in [0.4, 0.5) is 4.79 Å². The average Bonchev–Trinajstić information content (AvgIpc) is 2.85. The summed E-state index contributed by atoms with van der Waals surface area (Å²) in [6, 6.07) is 7.07. The highest BCUT2D eigenvalue weighted by molar-refractivity contribution is 7.89. The second-order valence-electron chi connectivity index (χ2n) is 7.15. The molecule has 2 heterocycles. The molecule has 0 radical (unpaired) electrons. The lowest BCUT2D eigenvalue weighted by atomic mass is 10.2. The molecule has 0 saturated carbocycles. The molecule has 1 aromatic heterocycles. The van der Waals surface area contributed by atoms with Gasteiger partial charge in [-0.25, -0.2) is 13.2 Å². The quantitative estimate of drug-likeness (QED) is 0.791. The van der Waals surface area contributed by atoms with Crippen molar-refractivity contribution < 1.29 is 13.2 Å². The Balaban J connectivity index is 1.63. The number of hydrogen-bond donors (Lipinski definition) is 1. The van der Waals surface area contributed by atoms with Crippen LogP contribution < -0.4 is 5.32 Å². The van der Waals surface area contributed by atoms with Crippen LogP contribution in [0.5, 0.6) is 0 Å². The van der Waals surface area contributed by atoms with Gasteiger partial charge in [-0.2, -0.15) is 9.40 Å². The predicted octanol–water partition coefficient (Wildman–Crippen LogP) is 2.30. The lowest BCUT2D eigenvalue weighted by Gasteiger charge is -2.22. The Hall–Kier alpha value is -2.10. The summed E-state index contributed by atoms with van der Waals surface area (Å²) in [6.07, 6.45) is 0.575. The van der Waals surface area contributed by atoms with E-state index >= 15 is 0 Å². The molecule has 10 heteroatoms. The normalized spacial score (nSPS) is 15.9. The van der Waals surface area contributed by atoms with Crippen LogP contribution in [0.2, 0.25) is 5.02 Å². The van der Waals surface area contributed by atoms with Crippen molar-refractivity contribution in [3.8, 4) is 0 Å². The number of sulfonamides is 1. The summed E-state index contributed by atoms with van der Waals surface area (Å²) in [5.41, 5.74) is 2.06. The number of carbonyl (C=O) groups excluding carboxylic acids is 1. The molecule has 8 nitrogen and oxygen atoms in total. The summed E-state index contributed by atoms with van der Waals surface area (Å²) in [6.45, 7) is 5.31. The fourth-order valence-corrected chi connectivity index (χ4v) is 5.48. The topological polar surface area (TPSA) is 87.5 Å². The van der Waals surface area contributed by atoms with Crippen LogP contribution in [0.15, 0.2) is 29.2 Å². The van der Waals surface area contributed by atoms with E-state index in [1.165, 1.54) is 4.31 Å². The zero-order chi connectivity index (χ0) is 21.2. The van der Waals surface area contributed by atoms with E-state index < -0.39 is 10.0 Å². The fraction of sp³-hybridized carbons (Fsp3) is 0.474. The van der Waals surface area contributed by atoms with Crippen molar-refractivity contribution in [1.29, 1.82) is 0 Å². The standard InChI is InChI=1S/C19H26ClN5O3S/c1-14-18(15(2)23(3)22-14)29(27,28)25-10-4-9-24(11-12-25)19(26)21-13-16-5-7-17(20)8-6-16/h5-8H,4,9-13H2,1-3H3,(H,21,26). The molecule has 29 heavy (non-hydrogen) atoms. The Morgan fingerprint density at radius 2 is 1.83 bits per heavy atom. The maximum Gasteiger partial charge on any atom is 0.317 e. The molecule has 1 aliphatic rings. The molecule has 2 amide bonds. The van der Waals surface area contributed by atoms with E-state index in [0.29, 0.717) is 49.0 Å². The number of benzene rings is 1. The largest absolute Gasteiger partial charge is 0.334 e. The molecule has 0 aliphatic carbocycles. The minimum Gasteiger partial charge on any atom is -0.334 e. The third kappa shape index (κ3) is 4.73. The molecule has 1 aliphatic heterocycles. The SMILES string of the molecule is Cc1nn(C)c(C)c1S(=O)(=O)N1CCCN(C(=O)NCc2ccc(Cl)cc2)CC1. The zero-order valence-corrected chi connectivity index (χ0v) is 18.4. The highest BCUT2D eigenvalue weighted by Crippen LogP contribution is 2.24. The number of amides is 2. The van der Waals surface area contributed by atoms with Gasteiger partial charge in [0.25, 0.3) is 0 Å². The predicted molar refractivity (Wildman–Crippen MR) is 111 cm³/mol. The maximum atomic E-state index is 13.2. The number of aromatic nitrogens is 2. The molecule has 2 aromatic rings. The molecule has 0 atom stereocenters. The van der Waals surface area contributed by atoms with E-state index in [9.17, 15) is 13.2 Å². The Morgan fingerprint density at radius 3 is 2.45 bits per heavy atom. The molecule has 1 aromatic carbocycles. The third-order valence-corrected chi connectivity index (χ3v) is 7.54. The van der Waals surface area contributed by atoms with E-state index in [4.69, 9.17) is 11.6 Å². The van der Waals surface area contributed by atoms with Crippen LogP contribution >= 0.6 is 11.6 Å². The van der Waals surface area contributed by atoms with E-state index in [2.05, 4.69) is 10.4 Å². The van der Waals surface area contributed by atoms with Gasteiger partial charge in [0.15, 0.2) is 0 Å². The van der Waals surface area contributed by atoms with E-state index in [-0.39, 0.29) is 17.5 Å². The number of halogens is 1. The van der Waals surface area contributed by atoms with Gasteiger partial charge in [-0.1, -0.05) is 23.7 Å². The van der Waals surface area contributed by atoms with Crippen molar-refractivity contribution in [1.82, 2.24) is 24.3 Å². The number of hydrogen-bond acceptors (Lipinski definition) is 4. The van der Waals surface area contributed by atoms with Crippen LogP contribution in [0.3, 0.4) is 0 Å². The monoisotopic (exact) mass is 439 g/mol. The van der Waals surface area contributed by atoms with Gasteiger partial charge < -0.3 is 10.2 Å². The van der Waals surface area contributed by atoms with Gasteiger partial charge in [-0.3, -0.25) is 4.68 Å². The summed E-state index contributed by atoms with van der Waals surface area (Å²) >= 11 is 5.88. The average molecular weight is 440 g/mol. The van der Waals surface area contributed by atoms with E-state index in [1.54, 1.807) is 42.6 Å². The molecule has 158 valence electrons. The van der Waals surface area contributed by atoms with Crippen LogP contribution in [-0.4, -0.2) is 59.6 Å². The van der Waals surface area contributed by atoms with Crippen LogP contribution in [0.1, 0.15) is 23.4 Å². The summed E-state index contributed by atoms with van der Waals surface area (Å²) in [4.78, 5) is 14.5. The lowest BCUT2D eigenvalue weighted by molar-refractivity contribution is 0.200. The first-order chi connectivity index (χ1) is 13.7. The van der Waals surface area contributed by atoms with Crippen molar-refractivity contribution in [2.24, 2.45) is 7.05 Å². The first-order valence-corrected chi connectivity index (χ1v) is 11.3. The van der Waals surface area contributed by atoms with Crippen molar-refractivity contribution in [3.05, 3.63) is 46.2 Å². The van der Waals surface area contributed by atoms with Gasteiger partial charge in [0.2, 0.25) is 10.0 Å². The van der Waals surface area contributed by atoms with Gasteiger partial charge in [-0.05, 0) is 38.0 Å². The Kier molecular flexibility index (Phi) is 6.50.